The summed E-state index contributed by atoms with van der Waals surface area (Å²) in [5.74, 6) is 1.13. The molecule has 2 fully saturated rings. The topological polar surface area (TPSA) is 57.7 Å². The van der Waals surface area contributed by atoms with Crippen LogP contribution in [0.2, 0.25) is 0 Å². The van der Waals surface area contributed by atoms with Crippen LogP contribution in [0.4, 0.5) is 11.5 Å². The van der Waals surface area contributed by atoms with E-state index in [1.54, 1.807) is 0 Å². The van der Waals surface area contributed by atoms with E-state index in [0.29, 0.717) is 13.0 Å². The molecule has 29 heavy (non-hydrogen) atoms. The molecule has 4 rings (SSSR count). The number of carbonyl (C=O) groups is 1. The maximum Gasteiger partial charge on any atom is 0.220 e. The van der Waals surface area contributed by atoms with Crippen LogP contribution in [0.15, 0.2) is 42.6 Å². The number of nitrogens with one attached hydrogen (secondary N) is 1. The lowest BCUT2D eigenvalue weighted by atomic mass is 10.1. The van der Waals surface area contributed by atoms with Crippen molar-refractivity contribution < 1.29 is 9.53 Å². The predicted octanol–water partition coefficient (Wildman–Crippen LogP) is 2.77. The highest BCUT2D eigenvalue weighted by atomic mass is 16.5. The standard InChI is InChI=1S/C23H30N4O2/c28-23(8-5-19-9-10-24-22(17-19)27-11-1-2-12-27)25-18-20-3-6-21(7-4-20)26-13-15-29-16-14-26/h3-4,6-7,9-10,17H,1-2,5,8,11-16,18H2,(H,25,28). The van der Waals surface area contributed by atoms with Crippen LogP contribution in [-0.2, 0) is 22.5 Å². The molecular weight excluding hydrogens is 364 g/mol. The second-order valence-corrected chi connectivity index (χ2v) is 7.76. The molecule has 3 heterocycles. The summed E-state index contributed by atoms with van der Waals surface area (Å²) in [6.45, 7) is 6.18. The van der Waals surface area contributed by atoms with Gasteiger partial charge >= 0.3 is 0 Å². The lowest BCUT2D eigenvalue weighted by Gasteiger charge is -2.28. The Morgan fingerprint density at radius 1 is 0.966 bits per heavy atom. The number of rotatable bonds is 7. The van der Waals surface area contributed by atoms with Crippen molar-refractivity contribution in [2.24, 2.45) is 0 Å². The number of ether oxygens (including phenoxy) is 1. The van der Waals surface area contributed by atoms with Gasteiger partial charge in [-0.1, -0.05) is 12.1 Å². The van der Waals surface area contributed by atoms with Crippen LogP contribution in [0.1, 0.15) is 30.4 Å². The fourth-order valence-corrected chi connectivity index (χ4v) is 3.93. The number of pyridine rings is 1. The van der Waals surface area contributed by atoms with Gasteiger partial charge in [-0.2, -0.15) is 0 Å². The molecule has 0 bridgehead atoms. The molecule has 1 aromatic heterocycles. The van der Waals surface area contributed by atoms with Crippen molar-refractivity contribution in [1.29, 1.82) is 0 Å². The van der Waals surface area contributed by atoms with E-state index in [4.69, 9.17) is 4.74 Å². The van der Waals surface area contributed by atoms with Gasteiger partial charge in [-0.05, 0) is 54.7 Å². The molecule has 0 spiro atoms. The first-order chi connectivity index (χ1) is 14.3. The van der Waals surface area contributed by atoms with E-state index in [2.05, 4.69) is 50.4 Å². The van der Waals surface area contributed by atoms with Crippen LogP contribution >= 0.6 is 0 Å². The maximum atomic E-state index is 12.3. The Bertz CT molecular complexity index is 797. The molecule has 6 heteroatoms. The molecule has 1 N–H and O–H groups in total. The number of hydrogen-bond donors (Lipinski definition) is 1. The first-order valence-electron chi connectivity index (χ1n) is 10.7. The Balaban J connectivity index is 1.22. The monoisotopic (exact) mass is 394 g/mol. The second kappa shape index (κ2) is 9.74. The minimum Gasteiger partial charge on any atom is -0.378 e. The molecule has 6 nitrogen and oxygen atoms in total. The Hall–Kier alpha value is -2.60. The molecule has 1 aromatic carbocycles. The highest BCUT2D eigenvalue weighted by Crippen LogP contribution is 2.19. The minimum absolute atomic E-state index is 0.0850. The zero-order valence-electron chi connectivity index (χ0n) is 17.0. The van der Waals surface area contributed by atoms with E-state index in [1.807, 2.05) is 12.3 Å². The zero-order chi connectivity index (χ0) is 19.9. The van der Waals surface area contributed by atoms with Gasteiger partial charge in [0.25, 0.3) is 0 Å². The molecule has 2 aromatic rings. The van der Waals surface area contributed by atoms with Crippen molar-refractivity contribution in [3.8, 4) is 0 Å². The molecule has 154 valence electrons. The Kier molecular flexibility index (Phi) is 6.62. The molecule has 2 aliphatic heterocycles. The number of morpholine rings is 1. The Morgan fingerprint density at radius 3 is 2.48 bits per heavy atom. The van der Waals surface area contributed by atoms with Gasteiger partial charge in [0.2, 0.25) is 5.91 Å². The maximum absolute atomic E-state index is 12.3. The molecular formula is C23H30N4O2. The number of hydrogen-bond acceptors (Lipinski definition) is 5. The smallest absolute Gasteiger partial charge is 0.220 e. The number of carbonyl (C=O) groups excluding carboxylic acids is 1. The summed E-state index contributed by atoms with van der Waals surface area (Å²) < 4.78 is 5.40. The summed E-state index contributed by atoms with van der Waals surface area (Å²) in [4.78, 5) is 21.4. The van der Waals surface area contributed by atoms with E-state index in [1.165, 1.54) is 24.1 Å². The van der Waals surface area contributed by atoms with Crippen LogP contribution in [0, 0.1) is 0 Å². The molecule has 1 amide bonds. The summed E-state index contributed by atoms with van der Waals surface area (Å²) in [6.07, 6.45) is 5.57. The Morgan fingerprint density at radius 2 is 1.72 bits per heavy atom. The van der Waals surface area contributed by atoms with Gasteiger partial charge < -0.3 is 19.9 Å². The van der Waals surface area contributed by atoms with E-state index < -0.39 is 0 Å². The SMILES string of the molecule is O=C(CCc1ccnc(N2CCCC2)c1)NCc1ccc(N2CCOCC2)cc1. The van der Waals surface area contributed by atoms with E-state index >= 15 is 0 Å². The van der Waals surface area contributed by atoms with Gasteiger partial charge in [0.05, 0.1) is 13.2 Å². The molecule has 0 aliphatic carbocycles. The summed E-state index contributed by atoms with van der Waals surface area (Å²) in [5.41, 5.74) is 3.51. The van der Waals surface area contributed by atoms with E-state index in [9.17, 15) is 4.79 Å². The van der Waals surface area contributed by atoms with Crippen LogP contribution in [0.3, 0.4) is 0 Å². The van der Waals surface area contributed by atoms with Gasteiger partial charge in [0, 0.05) is 51.0 Å². The lowest BCUT2D eigenvalue weighted by molar-refractivity contribution is -0.121. The third kappa shape index (κ3) is 5.48. The number of anilines is 2. The van der Waals surface area contributed by atoms with Crippen molar-refractivity contribution >= 4 is 17.4 Å². The number of nitrogens with zero attached hydrogens (tertiary/aromatic N) is 3. The molecule has 0 saturated carbocycles. The third-order valence-corrected chi connectivity index (χ3v) is 5.68. The van der Waals surface area contributed by atoms with Crippen molar-refractivity contribution in [2.45, 2.75) is 32.2 Å². The fourth-order valence-electron chi connectivity index (χ4n) is 3.93. The number of amides is 1. The van der Waals surface area contributed by atoms with Gasteiger partial charge in [-0.3, -0.25) is 4.79 Å². The average molecular weight is 395 g/mol. The first-order valence-corrected chi connectivity index (χ1v) is 10.7. The summed E-state index contributed by atoms with van der Waals surface area (Å²) in [6, 6.07) is 12.6. The normalized spacial score (nSPS) is 16.8. The van der Waals surface area contributed by atoms with Crippen LogP contribution < -0.4 is 15.1 Å². The summed E-state index contributed by atoms with van der Waals surface area (Å²) >= 11 is 0. The zero-order valence-corrected chi connectivity index (χ0v) is 17.0. The fraction of sp³-hybridized carbons (Fsp3) is 0.478. The number of aromatic nitrogens is 1. The number of benzene rings is 1. The van der Waals surface area contributed by atoms with Crippen LogP contribution in [-0.4, -0.2) is 50.3 Å². The predicted molar refractivity (Wildman–Crippen MR) is 115 cm³/mol. The van der Waals surface area contributed by atoms with Crippen molar-refractivity contribution in [1.82, 2.24) is 10.3 Å². The van der Waals surface area contributed by atoms with Crippen molar-refractivity contribution in [3.63, 3.8) is 0 Å². The number of aryl methyl sites for hydroxylation is 1. The summed E-state index contributed by atoms with van der Waals surface area (Å²) in [5, 5.41) is 3.04. The van der Waals surface area contributed by atoms with Gasteiger partial charge in [-0.15, -0.1) is 0 Å². The Labute approximate surface area is 172 Å². The van der Waals surface area contributed by atoms with Gasteiger partial charge in [0.15, 0.2) is 0 Å². The molecule has 0 radical (unpaired) electrons. The second-order valence-electron chi connectivity index (χ2n) is 7.76. The minimum atomic E-state index is 0.0850. The van der Waals surface area contributed by atoms with Gasteiger partial charge in [0.1, 0.15) is 5.82 Å². The quantitative estimate of drug-likeness (QED) is 0.783. The highest BCUT2D eigenvalue weighted by molar-refractivity contribution is 5.76. The molecule has 2 aliphatic rings. The lowest BCUT2D eigenvalue weighted by Crippen LogP contribution is -2.36. The van der Waals surface area contributed by atoms with Crippen LogP contribution in [0.25, 0.3) is 0 Å². The van der Waals surface area contributed by atoms with Crippen LogP contribution in [0.5, 0.6) is 0 Å². The van der Waals surface area contributed by atoms with Gasteiger partial charge in [-0.25, -0.2) is 4.98 Å². The largest absolute Gasteiger partial charge is 0.378 e. The average Bonchev–Trinajstić information content (AvgIpc) is 3.33. The van der Waals surface area contributed by atoms with E-state index in [-0.39, 0.29) is 5.91 Å². The highest BCUT2D eigenvalue weighted by Gasteiger charge is 2.14. The molecule has 0 unspecified atom stereocenters. The van der Waals surface area contributed by atoms with E-state index in [0.717, 1.165) is 57.2 Å². The third-order valence-electron chi connectivity index (χ3n) is 5.68. The molecule has 2 saturated heterocycles. The van der Waals surface area contributed by atoms with Crippen molar-refractivity contribution in [2.75, 3.05) is 49.2 Å². The van der Waals surface area contributed by atoms with Crippen molar-refractivity contribution in [3.05, 3.63) is 53.7 Å². The summed E-state index contributed by atoms with van der Waals surface area (Å²) in [7, 11) is 0. The molecule has 0 atom stereocenters. The first kappa shape index (κ1) is 19.7.